The van der Waals surface area contributed by atoms with Crippen LogP contribution >= 0.6 is 0 Å². The van der Waals surface area contributed by atoms with Gasteiger partial charge in [-0.15, -0.1) is 0 Å². The molecule has 0 unspecified atom stereocenters. The van der Waals surface area contributed by atoms with E-state index < -0.39 is 36.4 Å². The third-order valence-electron chi connectivity index (χ3n) is 4.07. The molecule has 0 bridgehead atoms. The summed E-state index contributed by atoms with van der Waals surface area (Å²) in [4.78, 5) is 10.6. The minimum atomic E-state index is -2.90. The highest BCUT2D eigenvalue weighted by molar-refractivity contribution is 5.50. The number of hydrogen-bond acceptors (Lipinski definition) is 4. The summed E-state index contributed by atoms with van der Waals surface area (Å²) >= 11 is 0. The molecule has 21 heavy (non-hydrogen) atoms. The monoisotopic (exact) mass is 306 g/mol. The second kappa shape index (κ2) is 7.84. The van der Waals surface area contributed by atoms with Crippen LogP contribution in [-0.4, -0.2) is 39.7 Å². The smallest absolute Gasteiger partial charge is 0.251 e. The van der Waals surface area contributed by atoms with Gasteiger partial charge in [0.1, 0.15) is 6.29 Å². The van der Waals surface area contributed by atoms with E-state index in [4.69, 9.17) is 0 Å². The van der Waals surface area contributed by atoms with Crippen LogP contribution < -0.4 is 0 Å². The first kappa shape index (κ1) is 18.0. The Hall–Kier alpha value is -1.01. The number of rotatable bonds is 8. The van der Waals surface area contributed by atoms with Crippen molar-refractivity contribution in [3.63, 3.8) is 0 Å². The summed E-state index contributed by atoms with van der Waals surface area (Å²) in [7, 11) is 0. The van der Waals surface area contributed by atoms with Gasteiger partial charge in [-0.05, 0) is 12.5 Å². The number of aliphatic hydroxyl groups is 3. The van der Waals surface area contributed by atoms with Crippen LogP contribution in [0.5, 0.6) is 0 Å². The molecule has 0 radical (unpaired) electrons. The van der Waals surface area contributed by atoms with E-state index in [1.54, 1.807) is 0 Å². The predicted molar refractivity (Wildman–Crippen MR) is 74.1 cm³/mol. The van der Waals surface area contributed by atoms with Gasteiger partial charge in [-0.3, -0.25) is 0 Å². The number of alkyl halides is 2. The van der Waals surface area contributed by atoms with Crippen molar-refractivity contribution in [1.29, 1.82) is 0 Å². The fourth-order valence-electron chi connectivity index (χ4n) is 2.85. The summed E-state index contributed by atoms with van der Waals surface area (Å²) < 4.78 is 27.1. The molecule has 1 aliphatic rings. The minimum Gasteiger partial charge on any atom is -0.512 e. The van der Waals surface area contributed by atoms with E-state index in [1.807, 2.05) is 6.92 Å². The van der Waals surface area contributed by atoms with Gasteiger partial charge in [-0.2, -0.15) is 0 Å². The zero-order chi connectivity index (χ0) is 16.0. The van der Waals surface area contributed by atoms with Gasteiger partial charge in [0.15, 0.2) is 0 Å². The number of allylic oxidation sites excluding steroid dienone is 1. The van der Waals surface area contributed by atoms with Gasteiger partial charge in [-0.1, -0.05) is 13.3 Å². The highest BCUT2D eigenvalue weighted by Crippen LogP contribution is 2.39. The van der Waals surface area contributed by atoms with Gasteiger partial charge in [0.2, 0.25) is 0 Å². The number of aldehydes is 1. The SMILES string of the molecule is CCCCC(F)(F)CC=C(O)[C@H]1[C@H](CC=O)[C@H](O)C[C@@H]1O. The van der Waals surface area contributed by atoms with Crippen molar-refractivity contribution in [3.8, 4) is 0 Å². The number of carbonyl (C=O) groups is 1. The van der Waals surface area contributed by atoms with E-state index in [0.717, 1.165) is 6.08 Å². The van der Waals surface area contributed by atoms with Gasteiger partial charge in [-0.25, -0.2) is 8.78 Å². The van der Waals surface area contributed by atoms with Gasteiger partial charge in [0.25, 0.3) is 5.92 Å². The van der Waals surface area contributed by atoms with Crippen LogP contribution in [0.2, 0.25) is 0 Å². The second-order valence-corrected chi connectivity index (χ2v) is 5.76. The molecule has 0 aromatic heterocycles. The molecule has 0 saturated heterocycles. The lowest BCUT2D eigenvalue weighted by atomic mass is 9.88. The van der Waals surface area contributed by atoms with E-state index in [-0.39, 0.29) is 25.0 Å². The first-order valence-electron chi connectivity index (χ1n) is 7.39. The average Bonchev–Trinajstić information content (AvgIpc) is 2.69. The minimum absolute atomic E-state index is 0.0208. The summed E-state index contributed by atoms with van der Waals surface area (Å²) in [6.07, 6.45) is -0.0913. The van der Waals surface area contributed by atoms with Gasteiger partial charge >= 0.3 is 0 Å². The maximum atomic E-state index is 13.6. The Morgan fingerprint density at radius 2 is 2.00 bits per heavy atom. The standard InChI is InChI=1S/C15H24F2O4/c1-2-3-6-15(16,17)7-4-11(19)14-10(5-8-18)12(20)9-13(14)21/h4,8,10,12-14,19-21H,2-3,5-7,9H2,1H3/t10-,12-,13+,14-/m1/s1. The Labute approximate surface area is 123 Å². The first-order chi connectivity index (χ1) is 9.82. The fourth-order valence-corrected chi connectivity index (χ4v) is 2.85. The fraction of sp³-hybridized carbons (Fsp3) is 0.800. The van der Waals surface area contributed by atoms with Crippen LogP contribution in [-0.2, 0) is 4.79 Å². The Morgan fingerprint density at radius 1 is 1.33 bits per heavy atom. The molecule has 0 heterocycles. The van der Waals surface area contributed by atoms with Crippen molar-refractivity contribution in [2.45, 2.75) is 63.6 Å². The van der Waals surface area contributed by atoms with Crippen LogP contribution in [0.3, 0.4) is 0 Å². The number of unbranched alkanes of at least 4 members (excludes halogenated alkanes) is 1. The Bertz CT molecular complexity index is 371. The first-order valence-corrected chi connectivity index (χ1v) is 7.39. The van der Waals surface area contributed by atoms with Gasteiger partial charge < -0.3 is 20.1 Å². The maximum Gasteiger partial charge on any atom is 0.251 e. The molecule has 1 saturated carbocycles. The molecule has 1 fully saturated rings. The molecule has 1 aliphatic carbocycles. The zero-order valence-corrected chi connectivity index (χ0v) is 12.2. The van der Waals surface area contributed by atoms with E-state index in [2.05, 4.69) is 0 Å². The van der Waals surface area contributed by atoms with Crippen molar-refractivity contribution in [2.24, 2.45) is 11.8 Å². The van der Waals surface area contributed by atoms with Crippen molar-refractivity contribution in [1.82, 2.24) is 0 Å². The summed E-state index contributed by atoms with van der Waals surface area (Å²) in [5.74, 6) is -4.74. The molecular formula is C15H24F2O4. The highest BCUT2D eigenvalue weighted by atomic mass is 19.3. The maximum absolute atomic E-state index is 13.6. The Kier molecular flexibility index (Phi) is 6.74. The van der Waals surface area contributed by atoms with E-state index >= 15 is 0 Å². The molecule has 0 spiro atoms. The summed E-state index contributed by atoms with van der Waals surface area (Å²) in [6.45, 7) is 1.82. The molecule has 0 aromatic rings. The van der Waals surface area contributed by atoms with Crippen molar-refractivity contribution in [3.05, 3.63) is 11.8 Å². The molecule has 1 rings (SSSR count). The van der Waals surface area contributed by atoms with Crippen LogP contribution in [0, 0.1) is 11.8 Å². The number of hydrogen-bond donors (Lipinski definition) is 3. The van der Waals surface area contributed by atoms with E-state index in [0.29, 0.717) is 19.1 Å². The molecule has 0 amide bonds. The lowest BCUT2D eigenvalue weighted by Crippen LogP contribution is -2.25. The van der Waals surface area contributed by atoms with E-state index in [9.17, 15) is 28.9 Å². The predicted octanol–water partition coefficient (Wildman–Crippen LogP) is 2.59. The lowest BCUT2D eigenvalue weighted by Gasteiger charge is -2.22. The van der Waals surface area contributed by atoms with Crippen LogP contribution in [0.25, 0.3) is 0 Å². The summed E-state index contributed by atoms with van der Waals surface area (Å²) in [6, 6.07) is 0. The number of carbonyl (C=O) groups excluding carboxylic acids is 1. The average molecular weight is 306 g/mol. The van der Waals surface area contributed by atoms with Crippen LogP contribution in [0.15, 0.2) is 11.8 Å². The lowest BCUT2D eigenvalue weighted by molar-refractivity contribution is -0.109. The summed E-state index contributed by atoms with van der Waals surface area (Å²) in [5.41, 5.74) is 0. The molecule has 0 aliphatic heterocycles. The molecule has 0 aromatic carbocycles. The number of halogens is 2. The zero-order valence-electron chi connectivity index (χ0n) is 12.2. The van der Waals surface area contributed by atoms with Gasteiger partial charge in [0.05, 0.1) is 18.0 Å². The summed E-state index contributed by atoms with van der Waals surface area (Å²) in [5, 5.41) is 29.5. The largest absolute Gasteiger partial charge is 0.512 e. The van der Waals surface area contributed by atoms with Crippen molar-refractivity contribution in [2.75, 3.05) is 0 Å². The van der Waals surface area contributed by atoms with E-state index in [1.165, 1.54) is 0 Å². The second-order valence-electron chi connectivity index (χ2n) is 5.76. The third kappa shape index (κ3) is 5.04. The third-order valence-corrected chi connectivity index (χ3v) is 4.07. The Balaban J connectivity index is 2.73. The van der Waals surface area contributed by atoms with Crippen LogP contribution in [0.1, 0.15) is 45.4 Å². The molecular weight excluding hydrogens is 282 g/mol. The molecule has 6 heteroatoms. The highest BCUT2D eigenvalue weighted by Gasteiger charge is 2.43. The topological polar surface area (TPSA) is 77.8 Å². The van der Waals surface area contributed by atoms with Gasteiger partial charge in [0, 0.05) is 37.5 Å². The Morgan fingerprint density at radius 3 is 2.57 bits per heavy atom. The normalized spacial score (nSPS) is 30.6. The van der Waals surface area contributed by atoms with Crippen molar-refractivity contribution >= 4 is 6.29 Å². The van der Waals surface area contributed by atoms with Crippen LogP contribution in [0.4, 0.5) is 8.78 Å². The molecule has 4 nitrogen and oxygen atoms in total. The molecule has 122 valence electrons. The quantitative estimate of drug-likeness (QED) is 0.476. The molecule has 4 atom stereocenters. The molecule has 3 N–H and O–H groups in total. The number of aliphatic hydroxyl groups excluding tert-OH is 3. The van der Waals surface area contributed by atoms with Crippen molar-refractivity contribution < 1.29 is 28.9 Å².